The van der Waals surface area contributed by atoms with E-state index in [1.165, 1.54) is 180 Å². The monoisotopic (exact) mass is 634 g/mol. The molecule has 0 saturated heterocycles. The summed E-state index contributed by atoms with van der Waals surface area (Å²) in [6.45, 7) is 10.2. The zero-order valence-electron chi connectivity index (χ0n) is 30.9. The van der Waals surface area contributed by atoms with Crippen LogP contribution in [0.4, 0.5) is 0 Å². The lowest BCUT2D eigenvalue weighted by molar-refractivity contribution is 0.479. The minimum atomic E-state index is 0.836. The van der Waals surface area contributed by atoms with Gasteiger partial charge in [-0.3, -0.25) is 16.0 Å². The van der Waals surface area contributed by atoms with Gasteiger partial charge in [0.15, 0.2) is 0 Å². The van der Waals surface area contributed by atoms with Gasteiger partial charge in [0.05, 0.1) is 0 Å². The van der Waals surface area contributed by atoms with Gasteiger partial charge in [-0.25, -0.2) is 0 Å². The lowest BCUT2D eigenvalue weighted by Gasteiger charge is -2.10. The second-order valence-corrected chi connectivity index (χ2v) is 13.3. The normalized spacial score (nSPS) is 12.0. The Morgan fingerprint density at radius 3 is 0.822 bits per heavy atom. The SMILES string of the molecule is CCCCCCCC/C=C/CCCCCCCCNCNCNCNCNCCCCCCCC/C=C/CCCCCCCC. The Hall–Kier alpha value is -0.720. The van der Waals surface area contributed by atoms with Crippen LogP contribution in [-0.2, 0) is 0 Å². The Balaban J connectivity index is 3.09. The van der Waals surface area contributed by atoms with Gasteiger partial charge in [0.2, 0.25) is 0 Å². The van der Waals surface area contributed by atoms with Crippen molar-refractivity contribution in [2.75, 3.05) is 39.8 Å². The highest BCUT2D eigenvalue weighted by Gasteiger charge is 1.94. The molecule has 0 aromatic heterocycles. The molecule has 0 unspecified atom stereocenters. The molecule has 0 heterocycles. The highest BCUT2D eigenvalue weighted by atomic mass is 15.2. The molecule has 5 N–H and O–H groups in total. The van der Waals surface area contributed by atoms with Crippen LogP contribution >= 0.6 is 0 Å². The van der Waals surface area contributed by atoms with Gasteiger partial charge in [-0.2, -0.15) is 0 Å². The minimum absolute atomic E-state index is 0.836. The first-order valence-electron chi connectivity index (χ1n) is 20.2. The topological polar surface area (TPSA) is 60.1 Å². The molecule has 5 heteroatoms. The molecular formula is C40H83N5. The lowest BCUT2D eigenvalue weighted by Crippen LogP contribution is -2.42. The molecule has 0 radical (unpaired) electrons. The molecule has 0 aromatic rings. The van der Waals surface area contributed by atoms with Gasteiger partial charge in [-0.05, 0) is 77.3 Å². The Bertz CT molecular complexity index is 517. The maximum atomic E-state index is 3.50. The van der Waals surface area contributed by atoms with Gasteiger partial charge in [0, 0.05) is 26.7 Å². The summed E-state index contributed by atoms with van der Waals surface area (Å²) in [7, 11) is 0. The average Bonchev–Trinajstić information content (AvgIpc) is 3.05. The summed E-state index contributed by atoms with van der Waals surface area (Å²) in [5.41, 5.74) is 0. The predicted molar refractivity (Wildman–Crippen MR) is 204 cm³/mol. The fraction of sp³-hybridized carbons (Fsp3) is 0.900. The molecule has 0 spiro atoms. The molecule has 0 aliphatic rings. The van der Waals surface area contributed by atoms with E-state index in [1.807, 2.05) is 0 Å². The third-order valence-electron chi connectivity index (χ3n) is 8.73. The van der Waals surface area contributed by atoms with Crippen molar-refractivity contribution in [2.45, 2.75) is 194 Å². The third-order valence-corrected chi connectivity index (χ3v) is 8.73. The summed E-state index contributed by atoms with van der Waals surface area (Å²) in [5, 5.41) is 17.2. The fourth-order valence-electron chi connectivity index (χ4n) is 5.71. The van der Waals surface area contributed by atoms with Crippen LogP contribution in [0.15, 0.2) is 24.3 Å². The summed E-state index contributed by atoms with van der Waals surface area (Å²) in [5.74, 6) is 0. The molecular weight excluding hydrogens is 550 g/mol. The zero-order valence-corrected chi connectivity index (χ0v) is 30.9. The maximum Gasteiger partial charge on any atom is 0.0474 e. The first kappa shape index (κ1) is 44.3. The molecule has 0 amide bonds. The molecule has 0 aliphatic carbocycles. The van der Waals surface area contributed by atoms with Crippen LogP contribution in [0, 0.1) is 0 Å². The minimum Gasteiger partial charge on any atom is -0.304 e. The van der Waals surface area contributed by atoms with Gasteiger partial charge in [-0.15, -0.1) is 0 Å². The van der Waals surface area contributed by atoms with Crippen molar-refractivity contribution in [3.8, 4) is 0 Å². The van der Waals surface area contributed by atoms with Crippen molar-refractivity contribution in [3.05, 3.63) is 24.3 Å². The van der Waals surface area contributed by atoms with E-state index in [1.54, 1.807) is 0 Å². The van der Waals surface area contributed by atoms with Gasteiger partial charge < -0.3 is 10.6 Å². The fourth-order valence-corrected chi connectivity index (χ4v) is 5.71. The standard InChI is InChI=1S/C40H83N5/c1-3-5-7-9-11-13-15-17-19-21-23-25-27-29-31-33-35-41-37-43-39-45-40-44-38-42-36-34-32-30-28-26-24-22-20-18-16-14-12-10-8-6-4-2/h17-20,41-45H,3-16,21-40H2,1-2H3/b19-17+,20-18+. The molecule has 0 aromatic carbocycles. The molecule has 0 rings (SSSR count). The number of hydrogen-bond donors (Lipinski definition) is 5. The molecule has 0 aliphatic heterocycles. The predicted octanol–water partition coefficient (Wildman–Crippen LogP) is 10.8. The highest BCUT2D eigenvalue weighted by Crippen LogP contribution is 2.11. The number of nitrogens with one attached hydrogen (secondary N) is 5. The van der Waals surface area contributed by atoms with E-state index in [0.717, 1.165) is 39.8 Å². The number of rotatable bonds is 40. The van der Waals surface area contributed by atoms with Crippen LogP contribution in [0.2, 0.25) is 0 Å². The zero-order chi connectivity index (χ0) is 32.4. The van der Waals surface area contributed by atoms with Crippen molar-refractivity contribution >= 4 is 0 Å². The van der Waals surface area contributed by atoms with Crippen molar-refractivity contribution in [3.63, 3.8) is 0 Å². The highest BCUT2D eigenvalue weighted by molar-refractivity contribution is 4.82. The molecule has 45 heavy (non-hydrogen) atoms. The van der Waals surface area contributed by atoms with Crippen LogP contribution in [0.3, 0.4) is 0 Å². The van der Waals surface area contributed by atoms with Gasteiger partial charge in [-0.1, -0.05) is 154 Å². The van der Waals surface area contributed by atoms with E-state index >= 15 is 0 Å². The van der Waals surface area contributed by atoms with E-state index < -0.39 is 0 Å². The summed E-state index contributed by atoms with van der Waals surface area (Å²) < 4.78 is 0. The van der Waals surface area contributed by atoms with Gasteiger partial charge in [0.25, 0.3) is 0 Å². The van der Waals surface area contributed by atoms with Crippen molar-refractivity contribution in [2.24, 2.45) is 0 Å². The Morgan fingerprint density at radius 2 is 0.511 bits per heavy atom. The van der Waals surface area contributed by atoms with Gasteiger partial charge >= 0.3 is 0 Å². The molecule has 0 bridgehead atoms. The lowest BCUT2D eigenvalue weighted by atomic mass is 10.1. The Labute approximate surface area is 283 Å². The first-order chi connectivity index (χ1) is 22.4. The van der Waals surface area contributed by atoms with Crippen LogP contribution < -0.4 is 26.6 Å². The third kappa shape index (κ3) is 43.3. The van der Waals surface area contributed by atoms with Gasteiger partial charge in [0.1, 0.15) is 0 Å². The molecule has 0 saturated carbocycles. The van der Waals surface area contributed by atoms with E-state index in [2.05, 4.69) is 64.7 Å². The average molecular weight is 634 g/mol. The van der Waals surface area contributed by atoms with E-state index in [-0.39, 0.29) is 0 Å². The molecule has 268 valence electrons. The largest absolute Gasteiger partial charge is 0.304 e. The van der Waals surface area contributed by atoms with Crippen molar-refractivity contribution in [1.29, 1.82) is 0 Å². The van der Waals surface area contributed by atoms with Crippen molar-refractivity contribution in [1.82, 2.24) is 26.6 Å². The quantitative estimate of drug-likeness (QED) is 0.0264. The Kier molecular flexibility index (Phi) is 42.6. The van der Waals surface area contributed by atoms with Crippen LogP contribution in [-0.4, -0.2) is 39.8 Å². The Morgan fingerprint density at radius 1 is 0.267 bits per heavy atom. The summed E-state index contributed by atoms with van der Waals surface area (Å²) >= 11 is 0. The maximum absolute atomic E-state index is 3.50. The second kappa shape index (κ2) is 43.3. The number of hydrogen-bond acceptors (Lipinski definition) is 5. The molecule has 0 atom stereocenters. The van der Waals surface area contributed by atoms with E-state index in [4.69, 9.17) is 0 Å². The summed E-state index contributed by atoms with van der Waals surface area (Å²) in [4.78, 5) is 0. The van der Waals surface area contributed by atoms with E-state index in [9.17, 15) is 0 Å². The van der Waals surface area contributed by atoms with Crippen molar-refractivity contribution < 1.29 is 0 Å². The summed E-state index contributed by atoms with van der Waals surface area (Å²) in [6, 6.07) is 0. The number of allylic oxidation sites excluding steroid dienone is 4. The van der Waals surface area contributed by atoms with Crippen LogP contribution in [0.1, 0.15) is 194 Å². The first-order valence-corrected chi connectivity index (χ1v) is 20.2. The molecule has 0 fully saturated rings. The second-order valence-electron chi connectivity index (χ2n) is 13.3. The number of unbranched alkanes of at least 4 members (excludes halogenated alkanes) is 24. The summed E-state index contributed by atoms with van der Waals surface area (Å²) in [6.07, 6.45) is 48.0. The smallest absolute Gasteiger partial charge is 0.0474 e. The van der Waals surface area contributed by atoms with Crippen LogP contribution in [0.25, 0.3) is 0 Å². The van der Waals surface area contributed by atoms with E-state index in [0.29, 0.717) is 0 Å². The van der Waals surface area contributed by atoms with Crippen LogP contribution in [0.5, 0.6) is 0 Å². The molecule has 5 nitrogen and oxygen atoms in total.